The molecule has 0 unspecified atom stereocenters. The molecule has 35 heavy (non-hydrogen) atoms. The predicted octanol–water partition coefficient (Wildman–Crippen LogP) is 6.38. The van der Waals surface area contributed by atoms with Crippen LogP contribution in [-0.2, 0) is 6.42 Å². The van der Waals surface area contributed by atoms with Crippen LogP contribution in [0.1, 0.15) is 46.1 Å². The summed E-state index contributed by atoms with van der Waals surface area (Å²) in [6.45, 7) is 16.0. The van der Waals surface area contributed by atoms with E-state index in [2.05, 4.69) is 83.2 Å². The van der Waals surface area contributed by atoms with Gasteiger partial charge in [-0.2, -0.15) is 0 Å². The van der Waals surface area contributed by atoms with Gasteiger partial charge in [-0.05, 0) is 83.6 Å². The molecule has 0 amide bonds. The maximum Gasteiger partial charge on any atom is 0.126 e. The minimum Gasteiger partial charge on any atom is -0.487 e. The van der Waals surface area contributed by atoms with Gasteiger partial charge in [0.05, 0.1) is 0 Å². The molecule has 0 atom stereocenters. The molecule has 0 radical (unpaired) electrons. The van der Waals surface area contributed by atoms with Gasteiger partial charge in [0.1, 0.15) is 23.7 Å². The molecule has 1 N–H and O–H groups in total. The molecule has 0 saturated carbocycles. The Labute approximate surface area is 216 Å². The van der Waals surface area contributed by atoms with Gasteiger partial charge in [-0.1, -0.05) is 36.4 Å². The zero-order valence-corrected chi connectivity index (χ0v) is 22.8. The lowest BCUT2D eigenvalue weighted by Crippen LogP contribution is -2.26. The largest absolute Gasteiger partial charge is 0.487 e. The lowest BCUT2D eigenvalue weighted by molar-refractivity contribution is 0.356. The summed E-state index contributed by atoms with van der Waals surface area (Å²) >= 11 is 1.72. The van der Waals surface area contributed by atoms with Crippen LogP contribution in [0.5, 0.6) is 5.75 Å². The number of nitrogens with zero attached hydrogens (tertiary/aromatic N) is 4. The number of rotatable bonds is 14. The molecule has 1 aliphatic heterocycles. The molecule has 6 nitrogen and oxygen atoms in total. The molecule has 0 aliphatic carbocycles. The topological polar surface area (TPSA) is 61.6 Å². The average molecular weight is 496 g/mol. The normalized spacial score (nSPS) is 15.9. The van der Waals surface area contributed by atoms with E-state index in [0.717, 1.165) is 61.1 Å². The molecular formula is C28H41N5OS. The lowest BCUT2D eigenvalue weighted by Gasteiger charge is -2.25. The highest BCUT2D eigenvalue weighted by molar-refractivity contribution is 8.06. The highest BCUT2D eigenvalue weighted by Gasteiger charge is 2.15. The number of thioether (sulfide) groups is 1. The molecule has 190 valence electrons. The third-order valence-electron chi connectivity index (χ3n) is 5.63. The summed E-state index contributed by atoms with van der Waals surface area (Å²) in [5.74, 6) is 0.915. The van der Waals surface area contributed by atoms with Crippen LogP contribution in [0.3, 0.4) is 0 Å². The monoisotopic (exact) mass is 495 g/mol. The van der Waals surface area contributed by atoms with Gasteiger partial charge in [-0.25, -0.2) is 4.99 Å². The van der Waals surface area contributed by atoms with E-state index in [1.807, 2.05) is 19.9 Å². The second-order valence-electron chi connectivity index (χ2n) is 8.58. The van der Waals surface area contributed by atoms with Gasteiger partial charge in [0.25, 0.3) is 0 Å². The minimum atomic E-state index is 0.513. The van der Waals surface area contributed by atoms with Gasteiger partial charge in [-0.3, -0.25) is 9.98 Å². The van der Waals surface area contributed by atoms with E-state index >= 15 is 0 Å². The Bertz CT molecular complexity index is 978. The van der Waals surface area contributed by atoms with Crippen molar-refractivity contribution in [3.63, 3.8) is 0 Å². The number of anilines is 1. The van der Waals surface area contributed by atoms with Crippen molar-refractivity contribution in [2.24, 2.45) is 15.0 Å². The minimum absolute atomic E-state index is 0.513. The van der Waals surface area contributed by atoms with Crippen LogP contribution in [-0.4, -0.2) is 63.5 Å². The third-order valence-corrected chi connectivity index (χ3v) is 6.83. The Balaban J connectivity index is 1.99. The van der Waals surface area contributed by atoms with Crippen LogP contribution in [0, 0.1) is 0 Å². The molecule has 0 aromatic heterocycles. The number of hydrogen-bond acceptors (Lipinski definition) is 6. The van der Waals surface area contributed by atoms with Crippen LogP contribution in [0.25, 0.3) is 0 Å². The van der Waals surface area contributed by atoms with E-state index in [-0.39, 0.29) is 0 Å². The Morgan fingerprint density at radius 1 is 1.34 bits per heavy atom. The maximum atomic E-state index is 6.06. The number of hydrogen-bond donors (Lipinski definition) is 1. The van der Waals surface area contributed by atoms with Crippen LogP contribution in [0.4, 0.5) is 5.69 Å². The Morgan fingerprint density at radius 2 is 2.17 bits per heavy atom. The van der Waals surface area contributed by atoms with E-state index in [1.165, 1.54) is 22.4 Å². The van der Waals surface area contributed by atoms with Crippen molar-refractivity contribution < 1.29 is 4.74 Å². The van der Waals surface area contributed by atoms with Crippen molar-refractivity contribution in [3.05, 3.63) is 57.5 Å². The van der Waals surface area contributed by atoms with E-state index in [0.29, 0.717) is 13.2 Å². The summed E-state index contributed by atoms with van der Waals surface area (Å²) < 4.78 is 6.06. The number of aryl methyl sites for hydroxylation is 1. The maximum absolute atomic E-state index is 6.06. The fourth-order valence-electron chi connectivity index (χ4n) is 3.51. The first-order valence-corrected chi connectivity index (χ1v) is 13.1. The molecule has 1 aromatic carbocycles. The van der Waals surface area contributed by atoms with Crippen LogP contribution < -0.4 is 10.1 Å². The quantitative estimate of drug-likeness (QED) is 0.141. The zero-order chi connectivity index (χ0) is 25.5. The number of aliphatic imine (C=N–C) groups is 3. The van der Waals surface area contributed by atoms with E-state index in [9.17, 15) is 0 Å². The number of ether oxygens (including phenoxy) is 1. The smallest absolute Gasteiger partial charge is 0.126 e. The number of likely N-dealkylation sites (N-methyl/N-ethyl adjacent to an activating group) is 1. The van der Waals surface area contributed by atoms with Gasteiger partial charge in [0.15, 0.2) is 0 Å². The first-order valence-electron chi connectivity index (χ1n) is 12.3. The molecule has 2 rings (SSSR count). The highest BCUT2D eigenvalue weighted by atomic mass is 32.2. The Morgan fingerprint density at radius 3 is 2.91 bits per heavy atom. The Hall–Kier alpha value is -2.64. The second kappa shape index (κ2) is 16.1. The molecule has 0 spiro atoms. The number of nitrogens with one attached hydrogen (secondary N) is 1. The van der Waals surface area contributed by atoms with Gasteiger partial charge < -0.3 is 15.0 Å². The van der Waals surface area contributed by atoms with Crippen molar-refractivity contribution in [2.45, 2.75) is 47.0 Å². The van der Waals surface area contributed by atoms with Gasteiger partial charge in [-0.15, -0.1) is 0 Å². The molecular weight excluding hydrogens is 454 g/mol. The summed E-state index contributed by atoms with van der Waals surface area (Å²) in [6, 6.07) is 6.26. The zero-order valence-electron chi connectivity index (χ0n) is 22.0. The molecule has 0 saturated heterocycles. The van der Waals surface area contributed by atoms with Crippen molar-refractivity contribution in [1.29, 1.82) is 0 Å². The van der Waals surface area contributed by atoms with Crippen molar-refractivity contribution >= 4 is 36.2 Å². The van der Waals surface area contributed by atoms with Gasteiger partial charge >= 0.3 is 0 Å². The lowest BCUT2D eigenvalue weighted by atomic mass is 10.1. The van der Waals surface area contributed by atoms with Crippen molar-refractivity contribution in [3.8, 4) is 5.75 Å². The molecule has 1 aromatic rings. The molecule has 1 aliphatic rings. The number of allylic oxidation sites excluding steroid dienone is 1. The highest BCUT2D eigenvalue weighted by Crippen LogP contribution is 2.32. The predicted molar refractivity (Wildman–Crippen MR) is 156 cm³/mol. The van der Waals surface area contributed by atoms with Crippen molar-refractivity contribution in [2.75, 3.05) is 45.2 Å². The molecule has 0 fully saturated rings. The summed E-state index contributed by atoms with van der Waals surface area (Å²) in [7, 11) is 2.16. The third kappa shape index (κ3) is 10.7. The fourth-order valence-corrected chi connectivity index (χ4v) is 4.59. The van der Waals surface area contributed by atoms with Gasteiger partial charge in [0, 0.05) is 42.5 Å². The van der Waals surface area contributed by atoms with Crippen LogP contribution >= 0.6 is 11.8 Å². The fraction of sp³-hybridized carbons (Fsp3) is 0.464. The standard InChI is InChI=1S/C28H41N5OS/c1-7-9-10-15-30-23(4)20-34-26-12-11-25(18-24(26)8-2)31-16-13-28(32-21-29-5)35-27-19-33(6)17-14-22(27)3/h7,9,11-13,18,21,31H,5,8,10,14-17,19-20H2,1-4,6H3/b9-7-,28-13+,30-23?,32-21-. The first kappa shape index (κ1) is 28.6. The van der Waals surface area contributed by atoms with E-state index < -0.39 is 0 Å². The molecule has 1 heterocycles. The van der Waals surface area contributed by atoms with Crippen LogP contribution in [0.15, 0.2) is 66.9 Å². The first-order chi connectivity index (χ1) is 17.0. The van der Waals surface area contributed by atoms with Gasteiger partial charge in [0.2, 0.25) is 0 Å². The SMILES string of the molecule is C=N/C=N\C(=C/CNc1ccc(OCC(C)=NCC/C=C\C)c(CC)c1)SC1=C(C)CCN(C)C1. The second-order valence-corrected chi connectivity index (χ2v) is 9.70. The molecule has 0 bridgehead atoms. The van der Waals surface area contributed by atoms with Crippen LogP contribution in [0.2, 0.25) is 0 Å². The summed E-state index contributed by atoms with van der Waals surface area (Å²) in [6.07, 6.45) is 10.8. The van der Waals surface area contributed by atoms with E-state index in [4.69, 9.17) is 4.74 Å². The van der Waals surface area contributed by atoms with E-state index in [1.54, 1.807) is 11.8 Å². The van der Waals surface area contributed by atoms with Crippen molar-refractivity contribution in [1.82, 2.24) is 4.90 Å². The number of benzene rings is 1. The average Bonchev–Trinajstić information content (AvgIpc) is 2.86. The summed E-state index contributed by atoms with van der Waals surface area (Å²) in [4.78, 5) is 16.6. The summed E-state index contributed by atoms with van der Waals surface area (Å²) in [5, 5.41) is 4.42. The Kier molecular flexibility index (Phi) is 13.2. The summed E-state index contributed by atoms with van der Waals surface area (Å²) in [5.41, 5.74) is 4.69. The molecule has 7 heteroatoms.